The van der Waals surface area contributed by atoms with Gasteiger partial charge in [-0.25, -0.2) is 0 Å². The van der Waals surface area contributed by atoms with Crippen LogP contribution in [0, 0.1) is 0 Å². The fourth-order valence-corrected chi connectivity index (χ4v) is 11.4. The molecule has 0 spiro atoms. The van der Waals surface area contributed by atoms with E-state index >= 15 is 0 Å². The molecule has 1 aliphatic rings. The highest BCUT2D eigenvalue weighted by molar-refractivity contribution is 8.01. The zero-order valence-electron chi connectivity index (χ0n) is 33.7. The minimum atomic E-state index is 0.0543. The third kappa shape index (κ3) is 5.82. The van der Waals surface area contributed by atoms with Crippen LogP contribution in [0.1, 0.15) is 19.4 Å². The normalized spacial score (nSPS) is 13.1. The van der Waals surface area contributed by atoms with Gasteiger partial charge in [0.25, 0.3) is 0 Å². The van der Waals surface area contributed by atoms with Crippen LogP contribution in [0.5, 0.6) is 0 Å². The molecule has 0 unspecified atom stereocenters. The molecule has 0 aliphatic carbocycles. The molecule has 0 saturated heterocycles. The average Bonchev–Trinajstić information content (AvgIpc) is 3.99. The van der Waals surface area contributed by atoms with E-state index in [1.807, 2.05) is 23.1 Å². The molecule has 0 fully saturated rings. The number of aromatic nitrogens is 2. The van der Waals surface area contributed by atoms with Crippen molar-refractivity contribution < 1.29 is 0 Å². The highest BCUT2D eigenvalue weighted by Crippen LogP contribution is 2.57. The molecule has 11 aromatic rings. The van der Waals surface area contributed by atoms with Crippen molar-refractivity contribution in [3.63, 3.8) is 0 Å². The predicted molar refractivity (Wildman–Crippen MR) is 261 cm³/mol. The largest absolute Gasteiger partial charge is 0.311 e. The summed E-state index contributed by atoms with van der Waals surface area (Å²) in [5.74, 6) is 0. The molecule has 3 aromatic heterocycles. The smallest absolute Gasteiger partial charge is 0.0804 e. The second kappa shape index (κ2) is 14.1. The summed E-state index contributed by atoms with van der Waals surface area (Å²) in [5, 5.41) is 5.98. The van der Waals surface area contributed by atoms with Gasteiger partial charge < -0.3 is 18.9 Å². The molecular formula is C55H40N4S2. The zero-order valence-corrected chi connectivity index (χ0v) is 35.4. The van der Waals surface area contributed by atoms with Gasteiger partial charge in [-0.05, 0) is 158 Å². The van der Waals surface area contributed by atoms with E-state index in [2.05, 4.69) is 238 Å². The first kappa shape index (κ1) is 35.9. The fraction of sp³-hybridized carbons (Fsp3) is 0.0545. The van der Waals surface area contributed by atoms with Crippen molar-refractivity contribution in [2.45, 2.75) is 23.5 Å². The lowest BCUT2D eigenvalue weighted by Crippen LogP contribution is -2.22. The van der Waals surface area contributed by atoms with Gasteiger partial charge in [0.05, 0.1) is 22.1 Å². The number of nitrogens with zero attached hydrogens (tertiary/aromatic N) is 4. The van der Waals surface area contributed by atoms with E-state index < -0.39 is 0 Å². The Balaban J connectivity index is 1.09. The number of thiophene rings is 1. The molecule has 61 heavy (non-hydrogen) atoms. The van der Waals surface area contributed by atoms with Gasteiger partial charge in [-0.2, -0.15) is 0 Å². The van der Waals surface area contributed by atoms with Crippen LogP contribution in [-0.4, -0.2) is 9.13 Å². The molecule has 0 saturated carbocycles. The van der Waals surface area contributed by atoms with Gasteiger partial charge in [0, 0.05) is 70.6 Å². The van der Waals surface area contributed by atoms with E-state index in [1.165, 1.54) is 53.4 Å². The fourth-order valence-electron chi connectivity index (χ4n) is 9.34. The van der Waals surface area contributed by atoms with E-state index in [0.29, 0.717) is 0 Å². The summed E-state index contributed by atoms with van der Waals surface area (Å²) in [6.45, 7) is 4.68. The number of benzene rings is 8. The zero-order chi connectivity index (χ0) is 40.7. The molecule has 8 aromatic carbocycles. The number of para-hydroxylation sites is 4. The van der Waals surface area contributed by atoms with Gasteiger partial charge >= 0.3 is 0 Å². The maximum absolute atomic E-state index is 2.53. The van der Waals surface area contributed by atoms with Crippen LogP contribution in [0.2, 0.25) is 0 Å². The summed E-state index contributed by atoms with van der Waals surface area (Å²) < 4.78 is 6.39. The molecule has 1 aliphatic heterocycles. The van der Waals surface area contributed by atoms with E-state index in [1.54, 1.807) is 0 Å². The summed E-state index contributed by atoms with van der Waals surface area (Å²) >= 11 is 3.78. The topological polar surface area (TPSA) is 16.3 Å². The SMILES string of the molecule is CC1(C)Sc2cc3c(cc21)n(-c1ccc(N(c2ccccc2)c2ccccc2)cc1)c1c2cc4sccc4cc2n(-c2ccc(N(c4ccccc4)c4ccccc4)cc2)c31. The lowest BCUT2D eigenvalue weighted by Gasteiger charge is -2.37. The van der Waals surface area contributed by atoms with Crippen molar-refractivity contribution in [3.8, 4) is 11.4 Å². The molecule has 12 rings (SSSR count). The third-order valence-electron chi connectivity index (χ3n) is 12.1. The second-order valence-electron chi connectivity index (χ2n) is 16.2. The minimum absolute atomic E-state index is 0.0543. The van der Waals surface area contributed by atoms with Gasteiger partial charge in [-0.15, -0.1) is 23.1 Å². The predicted octanol–water partition coefficient (Wildman–Crippen LogP) is 16.2. The number of fused-ring (bicyclic) bond motifs is 7. The number of hydrogen-bond acceptors (Lipinski definition) is 4. The maximum atomic E-state index is 2.53. The quantitative estimate of drug-likeness (QED) is 0.152. The van der Waals surface area contributed by atoms with Gasteiger partial charge in [0.1, 0.15) is 0 Å². The molecule has 0 radical (unpaired) electrons. The van der Waals surface area contributed by atoms with Gasteiger partial charge in [-0.1, -0.05) is 72.8 Å². The first-order chi connectivity index (χ1) is 30.0. The first-order valence-electron chi connectivity index (χ1n) is 20.7. The summed E-state index contributed by atoms with van der Waals surface area (Å²) in [7, 11) is 0. The van der Waals surface area contributed by atoms with Crippen molar-refractivity contribution in [3.05, 3.63) is 211 Å². The Morgan fingerprint density at radius 3 is 1.28 bits per heavy atom. The highest BCUT2D eigenvalue weighted by atomic mass is 32.2. The van der Waals surface area contributed by atoms with Gasteiger partial charge in [0.15, 0.2) is 0 Å². The molecule has 292 valence electrons. The summed E-state index contributed by atoms with van der Waals surface area (Å²) in [6, 6.07) is 72.8. The second-order valence-corrected chi connectivity index (χ2v) is 18.8. The molecule has 0 bridgehead atoms. The van der Waals surface area contributed by atoms with Crippen LogP contribution in [0.25, 0.3) is 54.3 Å². The molecule has 0 amide bonds. The van der Waals surface area contributed by atoms with Crippen LogP contribution in [0.15, 0.2) is 210 Å². The number of rotatable bonds is 8. The summed E-state index contributed by atoms with van der Waals surface area (Å²) in [4.78, 5) is 6.02. The van der Waals surface area contributed by atoms with Crippen LogP contribution in [0.3, 0.4) is 0 Å². The maximum Gasteiger partial charge on any atom is 0.0804 e. The standard InChI is InChI=1S/C55H40N4S2/c1-55(2)48-36-50-47(35-52(48)61-55)54-53(59(50)45-29-25-43(26-30-45)57(40-19-11-5-12-20-40)41-21-13-6-14-22-41)46-34-51-37(31-32-60-51)33-49(46)58(54)44-27-23-42(24-28-44)56(38-15-7-3-8-16-38)39-17-9-4-10-18-39/h3-36H,1-2H3. The Hall–Kier alpha value is -6.99. The van der Waals surface area contributed by atoms with Crippen molar-refractivity contribution in [2.75, 3.05) is 9.80 Å². The van der Waals surface area contributed by atoms with Crippen molar-refractivity contribution in [1.29, 1.82) is 0 Å². The lowest BCUT2D eigenvalue weighted by atomic mass is 9.99. The van der Waals surface area contributed by atoms with Crippen LogP contribution in [0.4, 0.5) is 34.1 Å². The molecule has 4 heterocycles. The Morgan fingerprint density at radius 2 is 0.836 bits per heavy atom. The molecule has 6 heteroatoms. The Morgan fingerprint density at radius 1 is 0.426 bits per heavy atom. The molecule has 0 atom stereocenters. The van der Waals surface area contributed by atoms with Crippen LogP contribution < -0.4 is 9.80 Å². The Kier molecular flexibility index (Phi) is 8.27. The molecular weight excluding hydrogens is 781 g/mol. The number of hydrogen-bond donors (Lipinski definition) is 0. The van der Waals surface area contributed by atoms with E-state index in [0.717, 1.165) is 45.5 Å². The summed E-state index contributed by atoms with van der Waals surface area (Å²) in [6.07, 6.45) is 0. The third-order valence-corrected chi connectivity index (χ3v) is 14.3. The van der Waals surface area contributed by atoms with Crippen molar-refractivity contribution >= 4 is 100 Å². The van der Waals surface area contributed by atoms with E-state index in [-0.39, 0.29) is 4.75 Å². The Labute approximate surface area is 363 Å². The minimum Gasteiger partial charge on any atom is -0.311 e. The number of anilines is 6. The van der Waals surface area contributed by atoms with Crippen LogP contribution in [-0.2, 0) is 4.75 Å². The van der Waals surface area contributed by atoms with E-state index in [4.69, 9.17) is 0 Å². The Bertz CT molecular complexity index is 3310. The lowest BCUT2D eigenvalue weighted by molar-refractivity contribution is 0.727. The van der Waals surface area contributed by atoms with Crippen molar-refractivity contribution in [1.82, 2.24) is 9.13 Å². The first-order valence-corrected chi connectivity index (χ1v) is 22.4. The molecule has 0 N–H and O–H groups in total. The number of thioether (sulfide) groups is 1. The van der Waals surface area contributed by atoms with E-state index in [9.17, 15) is 0 Å². The monoisotopic (exact) mass is 820 g/mol. The summed E-state index contributed by atoms with van der Waals surface area (Å²) in [5.41, 5.74) is 15.3. The van der Waals surface area contributed by atoms with Crippen molar-refractivity contribution in [2.24, 2.45) is 0 Å². The van der Waals surface area contributed by atoms with Gasteiger partial charge in [0.2, 0.25) is 0 Å². The van der Waals surface area contributed by atoms with Crippen LogP contribution >= 0.6 is 23.1 Å². The average molecular weight is 821 g/mol. The van der Waals surface area contributed by atoms with Gasteiger partial charge in [-0.3, -0.25) is 0 Å². The highest BCUT2D eigenvalue weighted by Gasteiger charge is 2.37. The molecule has 4 nitrogen and oxygen atoms in total.